The van der Waals surface area contributed by atoms with E-state index in [0.29, 0.717) is 39.7 Å². The number of anilines is 1. The van der Waals surface area contributed by atoms with E-state index in [9.17, 15) is 14.0 Å². The average Bonchev–Trinajstić information content (AvgIpc) is 2.99. The van der Waals surface area contributed by atoms with E-state index < -0.39 is 11.1 Å². The minimum Gasteiger partial charge on any atom is -0.383 e. The largest absolute Gasteiger partial charge is 0.383 e. The van der Waals surface area contributed by atoms with E-state index >= 15 is 0 Å². The van der Waals surface area contributed by atoms with Gasteiger partial charge in [0.15, 0.2) is 5.17 Å². The smallest absolute Gasteiger partial charge is 0.242 e. The number of nitrogens with zero attached hydrogens (tertiary/aromatic N) is 2. The number of rotatable bonds is 7. The molecule has 2 aromatic carbocycles. The number of ether oxygens (including phenoxy) is 1. The molecule has 0 spiro atoms. The van der Waals surface area contributed by atoms with E-state index in [4.69, 9.17) is 27.9 Å². The molecule has 0 aromatic heterocycles. The van der Waals surface area contributed by atoms with Crippen LogP contribution < -0.4 is 5.32 Å². The maximum atomic E-state index is 13.0. The molecule has 10 heteroatoms. The molecule has 1 N–H and O–H groups in total. The van der Waals surface area contributed by atoms with Crippen LogP contribution in [0, 0.1) is 5.82 Å². The number of nitrogens with one attached hydrogen (secondary N) is 1. The maximum Gasteiger partial charge on any atom is 0.242 e. The Morgan fingerprint density at radius 1 is 1.23 bits per heavy atom. The van der Waals surface area contributed by atoms with Crippen molar-refractivity contribution in [1.29, 1.82) is 0 Å². The minimum absolute atomic E-state index is 0.0508. The van der Waals surface area contributed by atoms with Gasteiger partial charge in [-0.1, -0.05) is 35.0 Å². The van der Waals surface area contributed by atoms with Gasteiger partial charge < -0.3 is 10.1 Å². The zero-order valence-electron chi connectivity index (χ0n) is 15.9. The van der Waals surface area contributed by atoms with E-state index in [0.717, 1.165) is 0 Å². The van der Waals surface area contributed by atoms with Gasteiger partial charge >= 0.3 is 0 Å². The fourth-order valence-corrected chi connectivity index (χ4v) is 4.17. The Balaban J connectivity index is 1.74. The first-order chi connectivity index (χ1) is 14.4. The molecule has 1 unspecified atom stereocenters. The second-order valence-electron chi connectivity index (χ2n) is 6.34. The van der Waals surface area contributed by atoms with Crippen molar-refractivity contribution in [3.05, 3.63) is 58.3 Å². The first-order valence-electron chi connectivity index (χ1n) is 8.93. The van der Waals surface area contributed by atoms with Crippen LogP contribution in [-0.2, 0) is 14.3 Å². The molecule has 2 aromatic rings. The van der Waals surface area contributed by atoms with Gasteiger partial charge in [0, 0.05) is 19.2 Å². The fourth-order valence-electron chi connectivity index (χ4n) is 2.69. The molecule has 1 atom stereocenters. The lowest BCUT2D eigenvalue weighted by Crippen LogP contribution is -2.35. The van der Waals surface area contributed by atoms with Gasteiger partial charge in [0.25, 0.3) is 0 Å². The van der Waals surface area contributed by atoms with E-state index in [1.807, 2.05) is 0 Å². The second-order valence-corrected chi connectivity index (χ2v) is 8.33. The monoisotopic (exact) mass is 469 g/mol. The lowest BCUT2D eigenvalue weighted by Gasteiger charge is -2.15. The second kappa shape index (κ2) is 10.3. The van der Waals surface area contributed by atoms with Crippen molar-refractivity contribution in [2.75, 3.05) is 25.6 Å². The molecule has 158 valence electrons. The van der Waals surface area contributed by atoms with Crippen molar-refractivity contribution in [3.63, 3.8) is 0 Å². The Labute approximate surface area is 187 Å². The number of carbonyl (C=O) groups excluding carboxylic acids is 2. The van der Waals surface area contributed by atoms with Crippen LogP contribution in [0.5, 0.6) is 0 Å². The number of hydrogen-bond donors (Lipinski definition) is 1. The van der Waals surface area contributed by atoms with E-state index in [-0.39, 0.29) is 18.2 Å². The normalized spacial score (nSPS) is 17.6. The average molecular weight is 470 g/mol. The van der Waals surface area contributed by atoms with Crippen molar-refractivity contribution >= 4 is 63.3 Å². The number of amides is 2. The van der Waals surface area contributed by atoms with Crippen LogP contribution in [0.25, 0.3) is 0 Å². The summed E-state index contributed by atoms with van der Waals surface area (Å²) in [6, 6.07) is 10.3. The summed E-state index contributed by atoms with van der Waals surface area (Å²) in [6.45, 7) is 0.625. The van der Waals surface area contributed by atoms with Crippen molar-refractivity contribution in [3.8, 4) is 0 Å². The predicted octanol–water partition coefficient (Wildman–Crippen LogP) is 4.74. The number of carbonyl (C=O) groups is 2. The summed E-state index contributed by atoms with van der Waals surface area (Å²) in [6.07, 6.45) is -0.0508. The van der Waals surface area contributed by atoms with Crippen molar-refractivity contribution in [2.24, 2.45) is 4.99 Å². The quantitative estimate of drug-likeness (QED) is 0.635. The van der Waals surface area contributed by atoms with Crippen molar-refractivity contribution in [2.45, 2.75) is 11.7 Å². The van der Waals surface area contributed by atoms with Gasteiger partial charge in [0.05, 0.1) is 28.9 Å². The summed E-state index contributed by atoms with van der Waals surface area (Å²) in [4.78, 5) is 31.2. The number of aliphatic imine (C=N–C) groups is 1. The zero-order chi connectivity index (χ0) is 21.7. The molecule has 1 saturated heterocycles. The summed E-state index contributed by atoms with van der Waals surface area (Å²) < 4.78 is 18.1. The number of methoxy groups -OCH3 is 1. The number of amidine groups is 1. The summed E-state index contributed by atoms with van der Waals surface area (Å²) in [5.41, 5.74) is 0.997. The third kappa shape index (κ3) is 5.72. The van der Waals surface area contributed by atoms with Gasteiger partial charge in [-0.15, -0.1) is 0 Å². The first-order valence-corrected chi connectivity index (χ1v) is 10.6. The molecule has 2 amide bonds. The van der Waals surface area contributed by atoms with Gasteiger partial charge in [0.1, 0.15) is 11.1 Å². The summed E-state index contributed by atoms with van der Waals surface area (Å²) in [7, 11) is 1.54. The predicted molar refractivity (Wildman–Crippen MR) is 118 cm³/mol. The Kier molecular flexibility index (Phi) is 7.71. The lowest BCUT2D eigenvalue weighted by molar-refractivity contribution is -0.128. The molecule has 0 radical (unpaired) electrons. The van der Waals surface area contributed by atoms with Gasteiger partial charge in [-0.2, -0.15) is 0 Å². The Morgan fingerprint density at radius 3 is 2.63 bits per heavy atom. The summed E-state index contributed by atoms with van der Waals surface area (Å²) in [5, 5.41) is 3.24. The van der Waals surface area contributed by atoms with Crippen molar-refractivity contribution < 1.29 is 18.7 Å². The molecule has 3 rings (SSSR count). The molecule has 0 aliphatic carbocycles. The van der Waals surface area contributed by atoms with E-state index in [1.54, 1.807) is 18.2 Å². The molecule has 30 heavy (non-hydrogen) atoms. The van der Waals surface area contributed by atoms with Crippen LogP contribution in [0.2, 0.25) is 10.0 Å². The third-order valence-electron chi connectivity index (χ3n) is 4.17. The van der Waals surface area contributed by atoms with Crippen LogP contribution in [0.4, 0.5) is 15.8 Å². The van der Waals surface area contributed by atoms with Gasteiger partial charge in [-0.05, 0) is 42.5 Å². The number of benzene rings is 2. The molecule has 0 saturated carbocycles. The highest BCUT2D eigenvalue weighted by atomic mass is 35.5. The van der Waals surface area contributed by atoms with Gasteiger partial charge in [-0.25, -0.2) is 9.38 Å². The maximum absolute atomic E-state index is 13.0. The Bertz CT molecular complexity index is 972. The molecular formula is C20H18Cl2FN3O3S. The molecule has 1 heterocycles. The van der Waals surface area contributed by atoms with Crippen LogP contribution in [-0.4, -0.2) is 47.4 Å². The molecule has 6 nitrogen and oxygen atoms in total. The number of thioether (sulfide) groups is 1. The highest BCUT2D eigenvalue weighted by Crippen LogP contribution is 2.33. The Hall–Kier alpha value is -2.13. The number of halogens is 3. The Morgan fingerprint density at radius 2 is 1.97 bits per heavy atom. The van der Waals surface area contributed by atoms with E-state index in [2.05, 4.69) is 10.3 Å². The van der Waals surface area contributed by atoms with Crippen LogP contribution in [0.1, 0.15) is 6.42 Å². The zero-order valence-corrected chi connectivity index (χ0v) is 18.2. The fraction of sp³-hybridized carbons (Fsp3) is 0.250. The standard InChI is InChI=1S/C20H18Cl2FN3O3S/c1-29-9-8-26-19(28)17(11-18(27)24-13-4-2-12(23)3-5-13)30-20(26)25-14-6-7-15(21)16(22)10-14/h2-7,10,17H,8-9,11H2,1H3,(H,24,27). The van der Waals surface area contributed by atoms with Gasteiger partial charge in [-0.3, -0.25) is 14.5 Å². The molecule has 1 fully saturated rings. The summed E-state index contributed by atoms with van der Waals surface area (Å²) in [5.74, 6) is -0.980. The molecule has 1 aliphatic heterocycles. The lowest BCUT2D eigenvalue weighted by atomic mass is 10.2. The topological polar surface area (TPSA) is 71.0 Å². The van der Waals surface area contributed by atoms with Crippen molar-refractivity contribution in [1.82, 2.24) is 4.90 Å². The highest BCUT2D eigenvalue weighted by molar-refractivity contribution is 8.15. The highest BCUT2D eigenvalue weighted by Gasteiger charge is 2.39. The van der Waals surface area contributed by atoms with Crippen LogP contribution >= 0.6 is 35.0 Å². The third-order valence-corrected chi connectivity index (χ3v) is 6.08. The molecule has 0 bridgehead atoms. The van der Waals surface area contributed by atoms with Gasteiger partial charge in [0.2, 0.25) is 11.8 Å². The summed E-state index contributed by atoms with van der Waals surface area (Å²) >= 11 is 13.2. The molecular weight excluding hydrogens is 452 g/mol. The first kappa shape index (κ1) is 22.6. The van der Waals surface area contributed by atoms with Crippen LogP contribution in [0.15, 0.2) is 47.5 Å². The number of hydrogen-bond acceptors (Lipinski definition) is 5. The van der Waals surface area contributed by atoms with E-state index in [1.165, 1.54) is 48.0 Å². The van der Waals surface area contributed by atoms with Crippen LogP contribution in [0.3, 0.4) is 0 Å². The SMILES string of the molecule is COCCN1C(=O)C(CC(=O)Nc2ccc(F)cc2)SC1=Nc1ccc(Cl)c(Cl)c1. The minimum atomic E-state index is -0.635. The molecule has 1 aliphatic rings.